The third kappa shape index (κ3) is 10.4. The van der Waals surface area contributed by atoms with E-state index in [9.17, 15) is 29.1 Å². The maximum absolute atomic E-state index is 12.5. The Bertz CT molecular complexity index is 630. The van der Waals surface area contributed by atoms with Crippen LogP contribution in [0.5, 0.6) is 0 Å². The highest BCUT2D eigenvalue weighted by atomic mass is 32.2. The van der Waals surface area contributed by atoms with Gasteiger partial charge in [-0.2, -0.15) is 11.8 Å². The molecule has 0 aliphatic rings. The Labute approximate surface area is 180 Å². The van der Waals surface area contributed by atoms with Gasteiger partial charge in [0.2, 0.25) is 23.6 Å². The fourth-order valence-electron chi connectivity index (χ4n) is 2.38. The van der Waals surface area contributed by atoms with Gasteiger partial charge in [-0.15, -0.1) is 0 Å². The fourth-order valence-corrected chi connectivity index (χ4v) is 2.87. The van der Waals surface area contributed by atoms with Gasteiger partial charge in [-0.05, 0) is 37.7 Å². The van der Waals surface area contributed by atoms with E-state index in [2.05, 4.69) is 16.0 Å². The lowest BCUT2D eigenvalue weighted by Gasteiger charge is -2.24. The third-order valence-corrected chi connectivity index (χ3v) is 4.91. The Hall–Kier alpha value is -2.34. The number of nitrogens with one attached hydrogen (secondary N) is 3. The summed E-state index contributed by atoms with van der Waals surface area (Å²) >= 11 is 1.54. The molecule has 12 heteroatoms. The number of hydrogen-bond acceptors (Lipinski definition) is 7. The van der Waals surface area contributed by atoms with E-state index in [-0.39, 0.29) is 12.8 Å². The Morgan fingerprint density at radius 1 is 0.933 bits per heavy atom. The van der Waals surface area contributed by atoms with Crippen molar-refractivity contribution < 1.29 is 29.1 Å². The lowest BCUT2D eigenvalue weighted by molar-refractivity contribution is -0.143. The summed E-state index contributed by atoms with van der Waals surface area (Å²) < 4.78 is 0. The second-order valence-electron chi connectivity index (χ2n) is 7.25. The number of carboxylic acids is 1. The third-order valence-electron chi connectivity index (χ3n) is 4.26. The molecule has 0 fully saturated rings. The summed E-state index contributed by atoms with van der Waals surface area (Å²) in [7, 11) is 0. The molecule has 0 bridgehead atoms. The topological polar surface area (TPSA) is 194 Å². The van der Waals surface area contributed by atoms with E-state index in [0.29, 0.717) is 12.2 Å². The summed E-state index contributed by atoms with van der Waals surface area (Å²) in [6, 6.07) is -4.14. The van der Waals surface area contributed by atoms with Crippen LogP contribution in [0.1, 0.15) is 40.0 Å². The molecule has 172 valence electrons. The van der Waals surface area contributed by atoms with Gasteiger partial charge >= 0.3 is 5.97 Å². The molecule has 0 aliphatic heterocycles. The minimum absolute atomic E-state index is 0.120. The van der Waals surface area contributed by atoms with Crippen molar-refractivity contribution >= 4 is 41.4 Å². The summed E-state index contributed by atoms with van der Waals surface area (Å²) in [5.74, 6) is -3.57. The van der Waals surface area contributed by atoms with E-state index < -0.39 is 59.7 Å². The van der Waals surface area contributed by atoms with Crippen LogP contribution < -0.4 is 27.4 Å². The molecule has 30 heavy (non-hydrogen) atoms. The summed E-state index contributed by atoms with van der Waals surface area (Å²) in [5, 5.41) is 16.5. The number of rotatable bonds is 14. The van der Waals surface area contributed by atoms with Crippen molar-refractivity contribution in [2.45, 2.75) is 64.2 Å². The molecule has 0 aliphatic carbocycles. The zero-order chi connectivity index (χ0) is 23.4. The van der Waals surface area contributed by atoms with Gasteiger partial charge in [0.25, 0.3) is 0 Å². The van der Waals surface area contributed by atoms with Crippen LogP contribution in [0.15, 0.2) is 0 Å². The molecule has 4 unspecified atom stereocenters. The van der Waals surface area contributed by atoms with Crippen LogP contribution in [0, 0.1) is 5.92 Å². The summed E-state index contributed by atoms with van der Waals surface area (Å²) in [6.45, 7) is 4.66. The smallest absolute Gasteiger partial charge is 0.326 e. The molecule has 0 saturated carbocycles. The zero-order valence-corrected chi connectivity index (χ0v) is 18.6. The predicted molar refractivity (Wildman–Crippen MR) is 113 cm³/mol. The van der Waals surface area contributed by atoms with Crippen LogP contribution in [-0.2, 0) is 24.0 Å². The lowest BCUT2D eigenvalue weighted by atomic mass is 10.0. The first-order chi connectivity index (χ1) is 13.9. The van der Waals surface area contributed by atoms with Gasteiger partial charge < -0.3 is 32.5 Å². The second-order valence-corrected chi connectivity index (χ2v) is 8.24. The van der Waals surface area contributed by atoms with Crippen LogP contribution >= 0.6 is 11.8 Å². The van der Waals surface area contributed by atoms with Crippen molar-refractivity contribution in [1.82, 2.24) is 16.0 Å². The van der Waals surface area contributed by atoms with Gasteiger partial charge in [-0.25, -0.2) is 4.79 Å². The van der Waals surface area contributed by atoms with Gasteiger partial charge in [-0.1, -0.05) is 13.8 Å². The highest BCUT2D eigenvalue weighted by molar-refractivity contribution is 7.98. The molecule has 0 rings (SSSR count). The molecule has 0 radical (unpaired) electrons. The molecule has 8 N–H and O–H groups in total. The van der Waals surface area contributed by atoms with Gasteiger partial charge in [-0.3, -0.25) is 19.2 Å². The maximum atomic E-state index is 12.5. The number of thioether (sulfide) groups is 1. The van der Waals surface area contributed by atoms with Gasteiger partial charge in [0.15, 0.2) is 0 Å². The highest BCUT2D eigenvalue weighted by Gasteiger charge is 2.30. The zero-order valence-electron chi connectivity index (χ0n) is 17.8. The van der Waals surface area contributed by atoms with Gasteiger partial charge in [0.05, 0.1) is 6.04 Å². The highest BCUT2D eigenvalue weighted by Crippen LogP contribution is 2.05. The average Bonchev–Trinajstić information content (AvgIpc) is 2.65. The minimum Gasteiger partial charge on any atom is -0.480 e. The quantitative estimate of drug-likeness (QED) is 0.186. The van der Waals surface area contributed by atoms with Crippen LogP contribution in [0.25, 0.3) is 0 Å². The van der Waals surface area contributed by atoms with Crippen molar-refractivity contribution in [2.24, 2.45) is 17.4 Å². The Morgan fingerprint density at radius 2 is 1.53 bits per heavy atom. The first-order valence-corrected chi connectivity index (χ1v) is 11.0. The largest absolute Gasteiger partial charge is 0.480 e. The predicted octanol–water partition coefficient (Wildman–Crippen LogP) is -1.45. The standard InChI is InChI=1S/C18H33N5O6S/c1-9(2)14(18(28)29)23-17(27)12(5-6-13(20)24)22-15(25)10(3)21-16(26)11(19)7-8-30-4/h9-12,14H,5-8,19H2,1-4H3,(H2,20,24)(H,21,26)(H,22,25)(H,23,27)(H,28,29). The van der Waals surface area contributed by atoms with E-state index in [1.807, 2.05) is 6.26 Å². The summed E-state index contributed by atoms with van der Waals surface area (Å²) in [5.41, 5.74) is 10.9. The van der Waals surface area contributed by atoms with Gasteiger partial charge in [0, 0.05) is 6.42 Å². The fraction of sp³-hybridized carbons (Fsp3) is 0.722. The van der Waals surface area contributed by atoms with Crippen LogP contribution in [-0.4, -0.2) is 70.9 Å². The van der Waals surface area contributed by atoms with E-state index >= 15 is 0 Å². The van der Waals surface area contributed by atoms with Gasteiger partial charge in [0.1, 0.15) is 18.1 Å². The Balaban J connectivity index is 5.10. The van der Waals surface area contributed by atoms with Crippen LogP contribution in [0.2, 0.25) is 0 Å². The number of carbonyl (C=O) groups excluding carboxylic acids is 4. The van der Waals surface area contributed by atoms with Crippen molar-refractivity contribution in [3.05, 3.63) is 0 Å². The van der Waals surface area contributed by atoms with Crippen LogP contribution in [0.3, 0.4) is 0 Å². The van der Waals surface area contributed by atoms with E-state index in [1.54, 1.807) is 13.8 Å². The van der Waals surface area contributed by atoms with Crippen LogP contribution in [0.4, 0.5) is 0 Å². The molecular formula is C18H33N5O6S. The first kappa shape index (κ1) is 27.7. The summed E-state index contributed by atoms with van der Waals surface area (Å²) in [6.07, 6.45) is 2.01. The molecule has 4 atom stereocenters. The van der Waals surface area contributed by atoms with Crippen molar-refractivity contribution in [2.75, 3.05) is 12.0 Å². The number of nitrogens with two attached hydrogens (primary N) is 2. The molecule has 0 saturated heterocycles. The molecular weight excluding hydrogens is 414 g/mol. The molecule has 0 aromatic heterocycles. The Morgan fingerprint density at radius 3 is 2.00 bits per heavy atom. The average molecular weight is 448 g/mol. The number of primary amides is 1. The molecule has 0 aromatic rings. The Kier molecular flexibility index (Phi) is 12.7. The molecule has 0 heterocycles. The maximum Gasteiger partial charge on any atom is 0.326 e. The van der Waals surface area contributed by atoms with Crippen molar-refractivity contribution in [3.63, 3.8) is 0 Å². The SMILES string of the molecule is CSCCC(N)C(=O)NC(C)C(=O)NC(CCC(N)=O)C(=O)NC(C(=O)O)C(C)C. The molecule has 11 nitrogen and oxygen atoms in total. The number of carboxylic acid groups (broad SMARTS) is 1. The normalized spacial score (nSPS) is 14.9. The van der Waals surface area contributed by atoms with E-state index in [4.69, 9.17) is 11.5 Å². The number of aliphatic carboxylic acids is 1. The monoisotopic (exact) mass is 447 g/mol. The van der Waals surface area contributed by atoms with E-state index in [1.165, 1.54) is 18.7 Å². The molecule has 0 aromatic carbocycles. The molecule has 4 amide bonds. The number of hydrogen-bond donors (Lipinski definition) is 6. The lowest BCUT2D eigenvalue weighted by Crippen LogP contribution is -2.57. The molecule has 0 spiro atoms. The number of amides is 4. The first-order valence-electron chi connectivity index (χ1n) is 9.57. The summed E-state index contributed by atoms with van der Waals surface area (Å²) in [4.78, 5) is 59.5. The minimum atomic E-state index is -1.22. The van der Waals surface area contributed by atoms with Crippen molar-refractivity contribution in [3.8, 4) is 0 Å². The van der Waals surface area contributed by atoms with E-state index in [0.717, 1.165) is 0 Å². The van der Waals surface area contributed by atoms with Crippen molar-refractivity contribution in [1.29, 1.82) is 0 Å². The second kappa shape index (κ2) is 13.8. The number of carbonyl (C=O) groups is 5.